The SMILES string of the molecule is COC(=O)C(Br)Cn1ncc2ccc([N+](=O)[O-])cc21. The molecule has 2 aromatic rings. The highest BCUT2D eigenvalue weighted by Gasteiger charge is 2.18. The average Bonchev–Trinajstić information content (AvgIpc) is 2.80. The number of aromatic nitrogens is 2. The molecule has 0 spiro atoms. The van der Waals surface area contributed by atoms with Crippen molar-refractivity contribution in [2.24, 2.45) is 0 Å². The summed E-state index contributed by atoms with van der Waals surface area (Å²) >= 11 is 3.19. The average molecular weight is 328 g/mol. The number of nitrogens with zero attached hydrogens (tertiary/aromatic N) is 3. The quantitative estimate of drug-likeness (QED) is 0.370. The fourth-order valence-corrected chi connectivity index (χ4v) is 2.13. The highest BCUT2D eigenvalue weighted by Crippen LogP contribution is 2.21. The molecule has 0 aliphatic heterocycles. The normalized spacial score (nSPS) is 12.3. The Kier molecular flexibility index (Phi) is 3.79. The van der Waals surface area contributed by atoms with Gasteiger partial charge in [-0.1, -0.05) is 15.9 Å². The summed E-state index contributed by atoms with van der Waals surface area (Å²) in [7, 11) is 1.29. The van der Waals surface area contributed by atoms with Crippen molar-refractivity contribution in [3.8, 4) is 0 Å². The Morgan fingerprint density at radius 3 is 3.00 bits per heavy atom. The molecule has 0 fully saturated rings. The van der Waals surface area contributed by atoms with E-state index in [1.165, 1.54) is 23.9 Å². The van der Waals surface area contributed by atoms with Crippen LogP contribution in [0.4, 0.5) is 5.69 Å². The van der Waals surface area contributed by atoms with Crippen LogP contribution in [-0.4, -0.2) is 32.6 Å². The Morgan fingerprint density at radius 2 is 2.37 bits per heavy atom. The van der Waals surface area contributed by atoms with E-state index in [1.807, 2.05) is 0 Å². The summed E-state index contributed by atoms with van der Waals surface area (Å²) in [6, 6.07) is 4.47. The molecule has 2 rings (SSSR count). The first-order valence-electron chi connectivity index (χ1n) is 5.35. The van der Waals surface area contributed by atoms with Crippen LogP contribution >= 0.6 is 15.9 Å². The molecule has 8 heteroatoms. The van der Waals surface area contributed by atoms with E-state index in [4.69, 9.17) is 0 Å². The second-order valence-electron chi connectivity index (χ2n) is 3.82. The monoisotopic (exact) mass is 327 g/mol. The molecular formula is C11H10BrN3O4. The standard InChI is InChI=1S/C11H10BrN3O4/c1-19-11(16)9(12)6-14-10-4-8(15(17)18)3-2-7(10)5-13-14/h2-5,9H,6H2,1H3. The smallest absolute Gasteiger partial charge is 0.321 e. The molecule has 0 radical (unpaired) electrons. The van der Waals surface area contributed by atoms with Gasteiger partial charge in [0.1, 0.15) is 4.83 Å². The zero-order chi connectivity index (χ0) is 14.0. The lowest BCUT2D eigenvalue weighted by molar-refractivity contribution is -0.384. The molecule has 100 valence electrons. The van der Waals surface area contributed by atoms with Crippen molar-refractivity contribution in [1.82, 2.24) is 9.78 Å². The molecule has 1 aromatic heterocycles. The number of ether oxygens (including phenoxy) is 1. The van der Waals surface area contributed by atoms with E-state index >= 15 is 0 Å². The maximum atomic E-state index is 11.3. The summed E-state index contributed by atoms with van der Waals surface area (Å²) in [5, 5.41) is 15.6. The van der Waals surface area contributed by atoms with Crippen molar-refractivity contribution in [2.45, 2.75) is 11.4 Å². The van der Waals surface area contributed by atoms with E-state index in [0.29, 0.717) is 5.52 Å². The Bertz CT molecular complexity index is 640. The molecule has 7 nitrogen and oxygen atoms in total. The van der Waals surface area contributed by atoms with Crippen LogP contribution in [0, 0.1) is 10.1 Å². The third-order valence-corrected chi connectivity index (χ3v) is 3.29. The summed E-state index contributed by atoms with van der Waals surface area (Å²) in [5.74, 6) is -0.422. The summed E-state index contributed by atoms with van der Waals surface area (Å²) in [5.41, 5.74) is 0.584. The van der Waals surface area contributed by atoms with E-state index in [-0.39, 0.29) is 12.2 Å². The molecule has 0 saturated carbocycles. The molecule has 0 N–H and O–H groups in total. The fraction of sp³-hybridized carbons (Fsp3) is 0.273. The van der Waals surface area contributed by atoms with Crippen molar-refractivity contribution in [3.63, 3.8) is 0 Å². The number of non-ortho nitro benzene ring substituents is 1. The molecule has 0 aliphatic rings. The molecule has 0 saturated heterocycles. The molecule has 0 aliphatic carbocycles. The van der Waals surface area contributed by atoms with E-state index in [2.05, 4.69) is 25.8 Å². The Morgan fingerprint density at radius 1 is 1.63 bits per heavy atom. The van der Waals surface area contributed by atoms with Gasteiger partial charge >= 0.3 is 5.97 Å². The van der Waals surface area contributed by atoms with E-state index in [0.717, 1.165) is 5.39 Å². The molecule has 0 bridgehead atoms. The maximum Gasteiger partial charge on any atom is 0.321 e. The van der Waals surface area contributed by atoms with Gasteiger partial charge in [-0.05, 0) is 6.07 Å². The van der Waals surface area contributed by atoms with Crippen molar-refractivity contribution in [1.29, 1.82) is 0 Å². The number of halogens is 1. The van der Waals surface area contributed by atoms with Gasteiger partial charge in [-0.25, -0.2) is 0 Å². The van der Waals surface area contributed by atoms with Gasteiger partial charge in [-0.2, -0.15) is 5.10 Å². The van der Waals surface area contributed by atoms with Crippen LogP contribution in [-0.2, 0) is 16.1 Å². The number of carbonyl (C=O) groups excluding carboxylic acids is 1. The minimum absolute atomic E-state index is 0.0153. The number of benzene rings is 1. The topological polar surface area (TPSA) is 87.3 Å². The Labute approximate surface area is 116 Å². The van der Waals surface area contributed by atoms with Crippen LogP contribution in [0.15, 0.2) is 24.4 Å². The largest absolute Gasteiger partial charge is 0.468 e. The zero-order valence-corrected chi connectivity index (χ0v) is 11.5. The number of nitro groups is 1. The van der Waals surface area contributed by atoms with Crippen LogP contribution in [0.25, 0.3) is 10.9 Å². The molecule has 1 aromatic carbocycles. The van der Waals surface area contributed by atoms with Crippen molar-refractivity contribution < 1.29 is 14.5 Å². The van der Waals surface area contributed by atoms with E-state index in [9.17, 15) is 14.9 Å². The zero-order valence-electron chi connectivity index (χ0n) is 9.95. The lowest BCUT2D eigenvalue weighted by Crippen LogP contribution is -2.22. The van der Waals surface area contributed by atoms with Gasteiger partial charge < -0.3 is 4.74 Å². The first-order valence-corrected chi connectivity index (χ1v) is 6.26. The minimum atomic E-state index is -0.556. The predicted molar refractivity (Wildman–Crippen MR) is 71.1 cm³/mol. The van der Waals surface area contributed by atoms with Crippen LogP contribution in [0.5, 0.6) is 0 Å². The molecule has 19 heavy (non-hydrogen) atoms. The first kappa shape index (κ1) is 13.5. The second-order valence-corrected chi connectivity index (χ2v) is 4.92. The molecule has 1 heterocycles. The van der Waals surface area contributed by atoms with Crippen LogP contribution in [0.2, 0.25) is 0 Å². The van der Waals surface area contributed by atoms with Crippen molar-refractivity contribution >= 4 is 38.5 Å². The fourth-order valence-electron chi connectivity index (χ4n) is 1.67. The minimum Gasteiger partial charge on any atom is -0.468 e. The summed E-state index contributed by atoms with van der Waals surface area (Å²) in [6.07, 6.45) is 1.59. The van der Waals surface area contributed by atoms with Crippen LogP contribution in [0.1, 0.15) is 0 Å². The molecule has 1 unspecified atom stereocenters. The van der Waals surface area contributed by atoms with Crippen LogP contribution in [0.3, 0.4) is 0 Å². The molecule has 0 amide bonds. The van der Waals surface area contributed by atoms with Gasteiger partial charge in [0.15, 0.2) is 0 Å². The van der Waals surface area contributed by atoms with E-state index in [1.54, 1.807) is 12.3 Å². The molecular weight excluding hydrogens is 318 g/mol. The third kappa shape index (κ3) is 2.73. The Balaban J connectivity index is 2.35. The third-order valence-electron chi connectivity index (χ3n) is 2.63. The number of fused-ring (bicyclic) bond motifs is 1. The molecule has 1 atom stereocenters. The Hall–Kier alpha value is -1.96. The lowest BCUT2D eigenvalue weighted by Gasteiger charge is -2.08. The number of nitro benzene ring substituents is 1. The summed E-state index contributed by atoms with van der Waals surface area (Å²) in [6.45, 7) is 0.233. The maximum absolute atomic E-state index is 11.3. The van der Waals surface area contributed by atoms with Crippen molar-refractivity contribution in [2.75, 3.05) is 7.11 Å². The summed E-state index contributed by atoms with van der Waals surface area (Å²) < 4.78 is 6.13. The van der Waals surface area contributed by atoms with Crippen molar-refractivity contribution in [3.05, 3.63) is 34.5 Å². The highest BCUT2D eigenvalue weighted by molar-refractivity contribution is 9.10. The van der Waals surface area contributed by atoms with Gasteiger partial charge in [-0.15, -0.1) is 0 Å². The number of hydrogen-bond acceptors (Lipinski definition) is 5. The van der Waals surface area contributed by atoms with Crippen LogP contribution < -0.4 is 0 Å². The number of alkyl halides is 1. The summed E-state index contributed by atoms with van der Waals surface area (Å²) in [4.78, 5) is 21.1. The predicted octanol–water partition coefficient (Wildman–Crippen LogP) is 1.88. The van der Waals surface area contributed by atoms with Gasteiger partial charge in [-0.3, -0.25) is 19.6 Å². The number of rotatable bonds is 4. The number of hydrogen-bond donors (Lipinski definition) is 0. The number of carbonyl (C=O) groups is 1. The van der Waals surface area contributed by atoms with Gasteiger partial charge in [0, 0.05) is 17.5 Å². The van der Waals surface area contributed by atoms with Gasteiger partial charge in [0.05, 0.1) is 30.3 Å². The second kappa shape index (κ2) is 5.35. The first-order chi connectivity index (χ1) is 9.02. The number of methoxy groups -OCH3 is 1. The van der Waals surface area contributed by atoms with Gasteiger partial charge in [0.2, 0.25) is 0 Å². The van der Waals surface area contributed by atoms with E-state index < -0.39 is 15.7 Å². The lowest BCUT2D eigenvalue weighted by atomic mass is 10.2. The number of esters is 1. The van der Waals surface area contributed by atoms with Gasteiger partial charge in [0.25, 0.3) is 5.69 Å². The highest BCUT2D eigenvalue weighted by atomic mass is 79.9.